The Labute approximate surface area is 473 Å². The second-order valence-corrected chi connectivity index (χ2v) is 34.5. The largest absolute Gasteiger partial charge is 0.369 e. The first-order valence-corrected chi connectivity index (χ1v) is 36.1. The summed E-state index contributed by atoms with van der Waals surface area (Å²) >= 11 is 0. The highest BCUT2D eigenvalue weighted by Crippen LogP contribution is 2.67. The standard InChI is InChI=1S/C30H45N3O3S.C29H43N3O.C2H6O5S2/c1-17-10-27-28(33(16-17)37(5,34)35)19(3)30(36-27)9-8-22-23-7-6-21-11-26-20(15-31-32-26)14-29(21,4)25(23)12-24(22)18(2)13-30;1-16-9-26-27(30-14-16)18(3)29(33-26)8-7-21-22-6-5-20-10-25-19(15-31-32-25)13-28(20,4)24(22)11-23(21)17(2)12-29;1-8(3,4)7-9(2,5)6/h15,17,19,21-23,25,27-28H,6-14,16H2,1-5H3,(H,31,32);15-16,18,20-22,24,26-27,30H,5-14H2,1-4H3,(H,31,32);1-2H3/t17-,19+,21+,22-,23-,25-,27+,28-,29-,30-;16-,18+,20+,21-,22-,24-,26+,27-,28-,29-;/m00./s1. The van der Waals surface area contributed by atoms with Gasteiger partial charge in [0.25, 0.3) is 20.2 Å². The van der Waals surface area contributed by atoms with Crippen LogP contribution in [0.25, 0.3) is 0 Å². The number of piperidine rings is 2. The van der Waals surface area contributed by atoms with Crippen LogP contribution in [0.15, 0.2) is 34.7 Å². The lowest BCUT2D eigenvalue weighted by atomic mass is 9.52. The van der Waals surface area contributed by atoms with Gasteiger partial charge in [-0.1, -0.05) is 63.8 Å². The molecule has 0 amide bonds. The average Bonchev–Trinajstić information content (AvgIpc) is 4.06. The van der Waals surface area contributed by atoms with E-state index < -0.39 is 30.3 Å². The Bertz CT molecular complexity index is 3070. The molecule has 2 aromatic heterocycles. The Balaban J connectivity index is 0.000000137. The molecule has 8 aliphatic carbocycles. The van der Waals surface area contributed by atoms with Gasteiger partial charge in [0.2, 0.25) is 10.0 Å². The molecule has 4 aliphatic heterocycles. The number of hydrogen-bond donors (Lipinski definition) is 3. The van der Waals surface area contributed by atoms with Crippen LogP contribution < -0.4 is 5.32 Å². The quantitative estimate of drug-likeness (QED) is 0.246. The predicted octanol–water partition coefficient (Wildman–Crippen LogP) is 9.49. The van der Waals surface area contributed by atoms with Crippen LogP contribution in [0.4, 0.5) is 0 Å². The molecule has 4 saturated heterocycles. The molecule has 12 aliphatic rings. The number of rotatable bonds is 3. The average molecular weight is 1150 g/mol. The summed E-state index contributed by atoms with van der Waals surface area (Å²) in [6.45, 7) is 21.2. The SMILES string of the molecule is CC1=C2C[C@H]3[C@@H](CC[C@@H]4Cc5[nH]ncc5C[C@@]43C)[C@@H]2CC[C@@]2(C1)O[C@@H]1C[C@H](C)CN(S(C)(=O)=O)[C@H]1[C@H]2C.CC1=C2C[C@H]3[C@@H](CC[C@@H]4Cc5[nH]ncc5C[C@@]43C)[C@@H]2CC[C@@]2(C1)O[C@@H]1C[C@H](C)CN[C@H]1[C@H]2C.CS(=O)(=O)OS(C)(=O)=O. The minimum absolute atomic E-state index is 0.0181. The molecule has 20 atom stereocenters. The maximum Gasteiger partial charge on any atom is 0.278 e. The summed E-state index contributed by atoms with van der Waals surface area (Å²) in [4.78, 5) is 0. The molecule has 8 fully saturated rings. The molecule has 0 radical (unpaired) electrons. The monoisotopic (exact) mass is 1150 g/mol. The van der Waals surface area contributed by atoms with Gasteiger partial charge < -0.3 is 14.8 Å². The number of hydrogen-bond acceptors (Lipinski definition) is 12. The van der Waals surface area contributed by atoms with Crippen LogP contribution in [0.2, 0.25) is 0 Å². The molecule has 2 spiro atoms. The van der Waals surface area contributed by atoms with E-state index in [0.717, 1.165) is 73.2 Å². The molecule has 14 rings (SSSR count). The van der Waals surface area contributed by atoms with Crippen LogP contribution >= 0.6 is 0 Å². The molecule has 440 valence electrons. The van der Waals surface area contributed by atoms with Crippen molar-refractivity contribution in [2.75, 3.05) is 31.9 Å². The minimum atomic E-state index is -3.87. The van der Waals surface area contributed by atoms with E-state index >= 15 is 0 Å². The number of allylic oxidation sites excluding steroid dienone is 2. The second-order valence-electron chi connectivity index (χ2n) is 29.2. The number of sulfonamides is 1. The molecule has 6 heterocycles. The molecular weight excluding hydrogens is 1060 g/mol. The van der Waals surface area contributed by atoms with Crippen molar-refractivity contribution in [1.82, 2.24) is 30.0 Å². The van der Waals surface area contributed by atoms with E-state index in [9.17, 15) is 25.3 Å². The minimum Gasteiger partial charge on any atom is -0.369 e. The molecule has 0 bridgehead atoms. The number of fused-ring (bicyclic) bond motifs is 14. The summed E-state index contributed by atoms with van der Waals surface area (Å²) in [5, 5.41) is 19.3. The fourth-order valence-electron chi connectivity index (χ4n) is 20.8. The summed E-state index contributed by atoms with van der Waals surface area (Å²) < 4.78 is 85.2. The van der Waals surface area contributed by atoms with Crippen molar-refractivity contribution < 1.29 is 38.4 Å². The maximum absolute atomic E-state index is 12.8. The van der Waals surface area contributed by atoms with Gasteiger partial charge in [-0.15, -0.1) is 3.63 Å². The van der Waals surface area contributed by atoms with Crippen LogP contribution in [-0.2, 0) is 69.0 Å². The highest BCUT2D eigenvalue weighted by Gasteiger charge is 2.63. The maximum atomic E-state index is 12.8. The van der Waals surface area contributed by atoms with Gasteiger partial charge in [-0.05, 0) is 217 Å². The van der Waals surface area contributed by atoms with Gasteiger partial charge in [-0.2, -0.15) is 31.3 Å². The molecule has 2 aromatic rings. The molecular formula is C61H94N6O9S3. The van der Waals surface area contributed by atoms with Gasteiger partial charge in [0.1, 0.15) is 0 Å². The molecule has 15 nitrogen and oxygen atoms in total. The third kappa shape index (κ3) is 9.96. The number of nitrogens with zero attached hydrogens (tertiary/aromatic N) is 3. The van der Waals surface area contributed by atoms with Gasteiger partial charge in [0.05, 0.1) is 60.6 Å². The molecule has 0 unspecified atom stereocenters. The van der Waals surface area contributed by atoms with Crippen molar-refractivity contribution in [2.45, 2.75) is 206 Å². The van der Waals surface area contributed by atoms with Gasteiger partial charge in [0, 0.05) is 35.8 Å². The van der Waals surface area contributed by atoms with Crippen molar-refractivity contribution in [3.8, 4) is 0 Å². The van der Waals surface area contributed by atoms with Crippen LogP contribution in [0.3, 0.4) is 0 Å². The zero-order valence-electron chi connectivity index (χ0n) is 49.3. The Morgan fingerprint density at radius 2 is 1.10 bits per heavy atom. The van der Waals surface area contributed by atoms with E-state index in [2.05, 4.69) is 97.1 Å². The van der Waals surface area contributed by atoms with E-state index in [0.29, 0.717) is 59.8 Å². The molecule has 79 heavy (non-hydrogen) atoms. The summed E-state index contributed by atoms with van der Waals surface area (Å²) in [5.74, 6) is 8.28. The first-order chi connectivity index (χ1) is 37.1. The van der Waals surface area contributed by atoms with Crippen LogP contribution in [0, 0.1) is 81.8 Å². The first-order valence-electron chi connectivity index (χ1n) is 30.6. The van der Waals surface area contributed by atoms with E-state index in [-0.39, 0.29) is 29.3 Å². The lowest BCUT2D eigenvalue weighted by Gasteiger charge is -2.52. The Hall–Kier alpha value is -2.45. The second kappa shape index (κ2) is 20.1. The van der Waals surface area contributed by atoms with Gasteiger partial charge in [-0.3, -0.25) is 10.2 Å². The normalized spacial score (nSPS) is 45.2. The van der Waals surface area contributed by atoms with E-state index in [1.54, 1.807) is 21.0 Å². The summed E-state index contributed by atoms with van der Waals surface area (Å²) in [5.41, 5.74) is 13.3. The van der Waals surface area contributed by atoms with Gasteiger partial charge in [0.15, 0.2) is 0 Å². The lowest BCUT2D eigenvalue weighted by Crippen LogP contribution is -2.53. The predicted molar refractivity (Wildman–Crippen MR) is 306 cm³/mol. The number of ether oxygens (including phenoxy) is 2. The topological polar surface area (TPSA) is 203 Å². The number of aromatic amines is 2. The highest BCUT2D eigenvalue weighted by molar-refractivity contribution is 7.99. The molecule has 4 saturated carbocycles. The zero-order chi connectivity index (χ0) is 56.1. The van der Waals surface area contributed by atoms with E-state index in [1.165, 1.54) is 125 Å². The number of nitrogens with one attached hydrogen (secondary N) is 3. The Kier molecular flexibility index (Phi) is 14.5. The van der Waals surface area contributed by atoms with Gasteiger partial charge >= 0.3 is 0 Å². The van der Waals surface area contributed by atoms with Crippen molar-refractivity contribution in [3.05, 3.63) is 57.2 Å². The van der Waals surface area contributed by atoms with Crippen molar-refractivity contribution >= 4 is 30.3 Å². The number of aromatic nitrogens is 4. The zero-order valence-corrected chi connectivity index (χ0v) is 51.7. The fraction of sp³-hybridized carbons (Fsp3) is 0.836. The fourth-order valence-corrected chi connectivity index (χ4v) is 23.9. The van der Waals surface area contributed by atoms with Crippen LogP contribution in [0.1, 0.15) is 168 Å². The Morgan fingerprint density at radius 3 is 1.58 bits per heavy atom. The van der Waals surface area contributed by atoms with Crippen molar-refractivity contribution in [3.63, 3.8) is 0 Å². The molecule has 18 heteroatoms. The van der Waals surface area contributed by atoms with E-state index in [4.69, 9.17) is 9.47 Å². The van der Waals surface area contributed by atoms with Crippen LogP contribution in [-0.4, -0.2) is 117 Å². The Morgan fingerprint density at radius 1 is 0.620 bits per heavy atom. The molecule has 3 N–H and O–H groups in total. The summed E-state index contributed by atoms with van der Waals surface area (Å²) in [6, 6.07) is 0.542. The highest BCUT2D eigenvalue weighted by atomic mass is 32.3. The summed E-state index contributed by atoms with van der Waals surface area (Å²) in [7, 11) is -11.0. The number of H-pyrrole nitrogens is 2. The van der Waals surface area contributed by atoms with Crippen LogP contribution in [0.5, 0.6) is 0 Å². The van der Waals surface area contributed by atoms with Gasteiger partial charge in [-0.25, -0.2) is 8.42 Å². The van der Waals surface area contributed by atoms with E-state index in [1.807, 2.05) is 5.57 Å². The van der Waals surface area contributed by atoms with Crippen molar-refractivity contribution in [1.29, 1.82) is 0 Å². The lowest BCUT2D eigenvalue weighted by molar-refractivity contribution is -0.0763. The third-order valence-electron chi connectivity index (χ3n) is 24.5. The molecule has 0 aromatic carbocycles. The van der Waals surface area contributed by atoms with Crippen molar-refractivity contribution in [2.24, 2.45) is 81.8 Å². The third-order valence-corrected chi connectivity index (χ3v) is 27.7. The summed E-state index contributed by atoms with van der Waals surface area (Å²) in [6.07, 6.45) is 29.5. The first kappa shape index (κ1) is 57.0. The smallest absolute Gasteiger partial charge is 0.278 e.